The number of β-amino-alcohol motifs (C(OH)–C–C–N with tert-alkyl or cyclic N) is 1. The van der Waals surface area contributed by atoms with E-state index in [1.165, 1.54) is 29.6 Å². The van der Waals surface area contributed by atoms with Gasteiger partial charge in [0.25, 0.3) is 0 Å². The quantitative estimate of drug-likeness (QED) is 0.823. The topological polar surface area (TPSA) is 83.9 Å². The Bertz CT molecular complexity index is 643. The van der Waals surface area contributed by atoms with E-state index in [0.717, 1.165) is 0 Å². The van der Waals surface area contributed by atoms with Crippen LogP contribution in [0.25, 0.3) is 0 Å². The Morgan fingerprint density at radius 1 is 1.40 bits per heavy atom. The third kappa shape index (κ3) is 2.56. The molecule has 0 radical (unpaired) electrons. The van der Waals surface area contributed by atoms with Gasteiger partial charge in [-0.2, -0.15) is 4.31 Å². The van der Waals surface area contributed by atoms with Crippen LogP contribution in [-0.4, -0.2) is 49.6 Å². The van der Waals surface area contributed by atoms with Gasteiger partial charge in [-0.3, -0.25) is 0 Å². The smallest absolute Gasteiger partial charge is 0.337 e. The molecule has 1 N–H and O–H groups in total. The maximum absolute atomic E-state index is 12.4. The molecule has 0 aliphatic carbocycles. The number of aryl methyl sites for hydroxylation is 1. The lowest BCUT2D eigenvalue weighted by molar-refractivity contribution is -0.0426. The van der Waals surface area contributed by atoms with Crippen LogP contribution in [0.2, 0.25) is 0 Å². The highest BCUT2D eigenvalue weighted by atomic mass is 32.2. The lowest BCUT2D eigenvalue weighted by Crippen LogP contribution is -2.61. The normalized spacial score (nSPS) is 18.4. The van der Waals surface area contributed by atoms with Crippen LogP contribution in [0, 0.1) is 6.92 Å². The molecule has 6 nitrogen and oxygen atoms in total. The first kappa shape index (κ1) is 15.0. The number of sulfonamides is 1. The highest BCUT2D eigenvalue weighted by Crippen LogP contribution is 2.29. The molecule has 0 spiro atoms. The molecule has 2 rings (SSSR count). The third-order valence-corrected chi connectivity index (χ3v) is 5.20. The molecule has 1 saturated heterocycles. The van der Waals surface area contributed by atoms with E-state index in [-0.39, 0.29) is 18.0 Å². The average molecular weight is 299 g/mol. The Balaban J connectivity index is 2.32. The zero-order valence-electron chi connectivity index (χ0n) is 11.6. The van der Waals surface area contributed by atoms with Crippen LogP contribution in [0.1, 0.15) is 22.8 Å². The Kier molecular flexibility index (Phi) is 3.62. The number of hydrogen-bond acceptors (Lipinski definition) is 5. The molecular weight excluding hydrogens is 282 g/mol. The van der Waals surface area contributed by atoms with Crippen LogP contribution in [0.4, 0.5) is 0 Å². The minimum absolute atomic E-state index is 0.0769. The summed E-state index contributed by atoms with van der Waals surface area (Å²) in [4.78, 5) is 11.5. The van der Waals surface area contributed by atoms with Gasteiger partial charge in [-0.1, -0.05) is 0 Å². The van der Waals surface area contributed by atoms with Crippen molar-refractivity contribution in [2.45, 2.75) is 24.3 Å². The Labute approximate surface area is 118 Å². The van der Waals surface area contributed by atoms with Gasteiger partial charge in [0.05, 0.1) is 23.2 Å². The van der Waals surface area contributed by atoms with Crippen LogP contribution < -0.4 is 0 Å². The molecule has 0 saturated carbocycles. The van der Waals surface area contributed by atoms with Gasteiger partial charge in [-0.15, -0.1) is 0 Å². The number of methoxy groups -OCH3 is 1. The van der Waals surface area contributed by atoms with Gasteiger partial charge in [0.2, 0.25) is 10.0 Å². The van der Waals surface area contributed by atoms with Gasteiger partial charge in [0, 0.05) is 13.1 Å². The minimum atomic E-state index is -3.63. The molecular formula is C13H17NO5S. The third-order valence-electron chi connectivity index (χ3n) is 3.25. The predicted octanol–water partition coefficient (Wildman–Crippen LogP) is 0.537. The van der Waals surface area contributed by atoms with Crippen molar-refractivity contribution in [1.82, 2.24) is 4.31 Å². The summed E-state index contributed by atoms with van der Waals surface area (Å²) in [7, 11) is -2.36. The molecule has 0 bridgehead atoms. The van der Waals surface area contributed by atoms with Crippen LogP contribution in [-0.2, 0) is 14.8 Å². The second-order valence-electron chi connectivity index (χ2n) is 5.24. The van der Waals surface area contributed by atoms with Gasteiger partial charge in [0.15, 0.2) is 0 Å². The number of rotatable bonds is 3. The van der Waals surface area contributed by atoms with Crippen molar-refractivity contribution in [1.29, 1.82) is 0 Å². The Morgan fingerprint density at radius 2 is 2.00 bits per heavy atom. The Morgan fingerprint density at radius 3 is 2.45 bits per heavy atom. The number of hydrogen-bond donors (Lipinski definition) is 1. The summed E-state index contributed by atoms with van der Waals surface area (Å²) < 4.78 is 30.6. The second kappa shape index (κ2) is 4.83. The number of nitrogens with zero attached hydrogens (tertiary/aromatic N) is 1. The molecule has 0 aromatic heterocycles. The van der Waals surface area contributed by atoms with Crippen LogP contribution in [0.5, 0.6) is 0 Å². The summed E-state index contributed by atoms with van der Waals surface area (Å²) in [6.07, 6.45) is 0. The first-order valence-corrected chi connectivity index (χ1v) is 7.53. The van der Waals surface area contributed by atoms with Crippen molar-refractivity contribution >= 4 is 16.0 Å². The van der Waals surface area contributed by atoms with Gasteiger partial charge >= 0.3 is 5.97 Å². The van der Waals surface area contributed by atoms with Gasteiger partial charge < -0.3 is 9.84 Å². The summed E-state index contributed by atoms with van der Waals surface area (Å²) in [5.74, 6) is -0.510. The lowest BCUT2D eigenvalue weighted by atomic mass is 10.0. The summed E-state index contributed by atoms with van der Waals surface area (Å²) >= 11 is 0. The number of carbonyl (C=O) groups excluding carboxylic acids is 1. The maximum atomic E-state index is 12.4. The molecule has 20 heavy (non-hydrogen) atoms. The predicted molar refractivity (Wildman–Crippen MR) is 71.9 cm³/mol. The van der Waals surface area contributed by atoms with E-state index in [9.17, 15) is 18.3 Å². The minimum Gasteiger partial charge on any atom is -0.465 e. The first-order chi connectivity index (χ1) is 9.17. The van der Waals surface area contributed by atoms with Gasteiger partial charge in [-0.05, 0) is 37.6 Å². The zero-order chi connectivity index (χ0) is 15.1. The molecule has 1 aromatic carbocycles. The monoisotopic (exact) mass is 299 g/mol. The summed E-state index contributed by atoms with van der Waals surface area (Å²) in [6.45, 7) is 3.37. The van der Waals surface area contributed by atoms with Crippen LogP contribution >= 0.6 is 0 Å². The van der Waals surface area contributed by atoms with Gasteiger partial charge in [0.1, 0.15) is 0 Å². The fourth-order valence-electron chi connectivity index (χ4n) is 2.21. The van der Waals surface area contributed by atoms with Gasteiger partial charge in [-0.25, -0.2) is 13.2 Å². The second-order valence-corrected chi connectivity index (χ2v) is 7.15. The van der Waals surface area contributed by atoms with Crippen molar-refractivity contribution in [3.63, 3.8) is 0 Å². The van der Waals surface area contributed by atoms with E-state index >= 15 is 0 Å². The van der Waals surface area contributed by atoms with Crippen LogP contribution in [0.3, 0.4) is 0 Å². The standard InChI is InChI=1S/C13H17NO5S/c1-9-6-10(12(15)19-3)4-5-11(9)20(17,18)14-7-13(2,16)8-14/h4-6,16H,7-8H2,1-3H3. The molecule has 7 heteroatoms. The number of aliphatic hydroxyl groups is 1. The van der Waals surface area contributed by atoms with E-state index in [4.69, 9.17) is 0 Å². The molecule has 0 unspecified atom stereocenters. The van der Waals surface area contributed by atoms with Crippen molar-refractivity contribution in [3.05, 3.63) is 29.3 Å². The summed E-state index contributed by atoms with van der Waals surface area (Å²) in [5.41, 5.74) is -0.188. The van der Waals surface area contributed by atoms with E-state index in [2.05, 4.69) is 4.74 Å². The van der Waals surface area contributed by atoms with Crippen molar-refractivity contribution < 1.29 is 23.1 Å². The largest absolute Gasteiger partial charge is 0.465 e. The molecule has 1 fully saturated rings. The van der Waals surface area contributed by atoms with E-state index < -0.39 is 21.6 Å². The number of benzene rings is 1. The summed E-state index contributed by atoms with van der Waals surface area (Å²) in [6, 6.07) is 4.30. The zero-order valence-corrected chi connectivity index (χ0v) is 12.4. The summed E-state index contributed by atoms with van der Waals surface area (Å²) in [5, 5.41) is 9.64. The average Bonchev–Trinajstić information content (AvgIpc) is 2.34. The molecule has 1 aliphatic heterocycles. The molecule has 110 valence electrons. The number of carbonyl (C=O) groups is 1. The molecule has 0 amide bonds. The van der Waals surface area contributed by atoms with Crippen molar-refractivity contribution in [3.8, 4) is 0 Å². The highest BCUT2D eigenvalue weighted by molar-refractivity contribution is 7.89. The molecule has 0 atom stereocenters. The van der Waals surface area contributed by atoms with E-state index in [1.807, 2.05) is 0 Å². The van der Waals surface area contributed by atoms with Crippen molar-refractivity contribution in [2.75, 3.05) is 20.2 Å². The molecule has 1 aliphatic rings. The fraction of sp³-hybridized carbons (Fsp3) is 0.462. The lowest BCUT2D eigenvalue weighted by Gasteiger charge is -2.43. The van der Waals surface area contributed by atoms with Crippen LogP contribution in [0.15, 0.2) is 23.1 Å². The highest BCUT2D eigenvalue weighted by Gasteiger charge is 2.44. The van der Waals surface area contributed by atoms with E-state index in [0.29, 0.717) is 11.1 Å². The SMILES string of the molecule is COC(=O)c1ccc(S(=O)(=O)N2CC(C)(O)C2)c(C)c1. The number of esters is 1. The fourth-order valence-corrected chi connectivity index (χ4v) is 4.09. The van der Waals surface area contributed by atoms with Crippen molar-refractivity contribution in [2.24, 2.45) is 0 Å². The molecule has 1 aromatic rings. The first-order valence-electron chi connectivity index (χ1n) is 6.09. The Hall–Kier alpha value is -1.44. The molecule has 1 heterocycles. The maximum Gasteiger partial charge on any atom is 0.337 e. The number of ether oxygens (including phenoxy) is 1. The van der Waals surface area contributed by atoms with E-state index in [1.54, 1.807) is 13.8 Å².